The van der Waals surface area contributed by atoms with Crippen LogP contribution in [0.2, 0.25) is 81.6 Å². The minimum absolute atomic E-state index is 0.0445. The van der Waals surface area contributed by atoms with Crippen molar-refractivity contribution in [2.45, 2.75) is 665 Å². The first-order valence-corrected chi connectivity index (χ1v) is 78.4. The molecule has 0 saturated carbocycles. The molecule has 0 aliphatic heterocycles. The highest BCUT2D eigenvalue weighted by Crippen LogP contribution is 2.37. The molecule has 136 heavy (non-hydrogen) atoms. The molecular formula is C115H245NO13Si7. The van der Waals surface area contributed by atoms with Gasteiger partial charge in [0.25, 0.3) is 0 Å². The molecule has 0 radical (unpaired) electrons. The summed E-state index contributed by atoms with van der Waals surface area (Å²) in [7, 11) is -18.9. The largest absolute Gasteiger partial charge is 0.500 e. The number of rotatable bonds is 116. The van der Waals surface area contributed by atoms with E-state index >= 15 is 0 Å². The summed E-state index contributed by atoms with van der Waals surface area (Å²) in [4.78, 5) is 13.8. The second-order valence-electron chi connectivity index (χ2n) is 44.2. The molecule has 14 nitrogen and oxygen atoms in total. The molecule has 0 heterocycles. The Morgan fingerprint density at radius 2 is 0.324 bits per heavy atom. The molecule has 0 bridgehead atoms. The molecule has 0 spiro atoms. The minimum atomic E-state index is -3.39. The fourth-order valence-corrected chi connectivity index (χ4v) is 45.3. The first kappa shape index (κ1) is 137. The molecule has 0 aromatic rings. The molecule has 0 fully saturated rings. The van der Waals surface area contributed by atoms with Gasteiger partial charge < -0.3 is 57.5 Å². The van der Waals surface area contributed by atoms with Crippen molar-refractivity contribution in [2.24, 2.45) is 5.92 Å². The Labute approximate surface area is 859 Å². The van der Waals surface area contributed by atoms with Crippen molar-refractivity contribution in [3.05, 3.63) is 0 Å². The zero-order valence-electron chi connectivity index (χ0n) is 95.3. The van der Waals surface area contributed by atoms with E-state index in [2.05, 4.69) is 121 Å². The Morgan fingerprint density at radius 3 is 0.478 bits per heavy atom. The minimum Gasteiger partial charge on any atom is -0.417 e. The summed E-state index contributed by atoms with van der Waals surface area (Å²) in [5.74, 6) is 0.0853. The van der Waals surface area contributed by atoms with Gasteiger partial charge in [0.2, 0.25) is 5.91 Å². The number of carbonyl (C=O) groups is 1. The van der Waals surface area contributed by atoms with Gasteiger partial charge in [0.15, 0.2) is 25.0 Å². The van der Waals surface area contributed by atoms with Gasteiger partial charge in [0.05, 0.1) is 0 Å². The van der Waals surface area contributed by atoms with Crippen molar-refractivity contribution in [3.63, 3.8) is 0 Å². The van der Waals surface area contributed by atoms with E-state index in [-0.39, 0.29) is 11.8 Å². The summed E-state index contributed by atoms with van der Waals surface area (Å²) < 4.78 is 86.7. The van der Waals surface area contributed by atoms with Crippen LogP contribution in [0.3, 0.4) is 0 Å². The third-order valence-electron chi connectivity index (χ3n) is 28.5. The Balaban J connectivity index is 6.83. The highest BCUT2D eigenvalue weighted by molar-refractivity contribution is 6.90. The van der Waals surface area contributed by atoms with Gasteiger partial charge in [-0.15, -0.1) is 0 Å². The van der Waals surface area contributed by atoms with Crippen molar-refractivity contribution in [2.75, 3.05) is 66.0 Å². The SMILES string of the molecule is CCCCCCCCO[Si](CCCCCCCCCC[Si](C)(C)O[Si](CCNC(=O)C(C)CC)(O[Si](C)(C)CCCCCCCCCC[Si](OCCCCCCCC)(OCCCCCCCC)OCCCCCCCC)O[Si](C)(C)CCCCCCCCCC[Si](OCCCCCCCC)(OCCCCCCCC)OCCCCCCCC)(OCCCCCCCC)OCCCCCCCC. The van der Waals surface area contributed by atoms with Gasteiger partial charge in [-0.1, -0.05) is 500 Å². The lowest BCUT2D eigenvalue weighted by Crippen LogP contribution is -2.62. The fraction of sp³-hybridized carbons (Fsp3) is 0.991. The second kappa shape index (κ2) is 98.8. The molecule has 1 amide bonds. The van der Waals surface area contributed by atoms with Gasteiger partial charge in [0, 0.05) is 96.1 Å². The maximum absolute atomic E-state index is 13.8. The summed E-state index contributed by atoms with van der Waals surface area (Å²) >= 11 is 0. The zero-order chi connectivity index (χ0) is 99.7. The molecular weight excluding hydrogens is 1800 g/mol. The topological polar surface area (TPSA) is 140 Å². The predicted molar refractivity (Wildman–Crippen MR) is 610 cm³/mol. The average molecular weight is 2050 g/mol. The molecule has 0 aliphatic rings. The third-order valence-corrected chi connectivity index (χ3v) is 53.1. The van der Waals surface area contributed by atoms with E-state index in [4.69, 9.17) is 52.2 Å². The van der Waals surface area contributed by atoms with Crippen molar-refractivity contribution in [1.82, 2.24) is 5.32 Å². The van der Waals surface area contributed by atoms with Crippen LogP contribution < -0.4 is 5.32 Å². The molecule has 0 aromatic carbocycles. The Morgan fingerprint density at radius 1 is 0.184 bits per heavy atom. The number of amides is 1. The zero-order valence-corrected chi connectivity index (χ0v) is 102. The summed E-state index contributed by atoms with van der Waals surface area (Å²) in [5.41, 5.74) is 0. The van der Waals surface area contributed by atoms with Gasteiger partial charge in [-0.2, -0.15) is 0 Å². The van der Waals surface area contributed by atoms with Gasteiger partial charge in [-0.3, -0.25) is 4.79 Å². The molecule has 0 aliphatic carbocycles. The first-order valence-electron chi connectivity index (χ1n) is 61.3. The number of hydrogen-bond donors (Lipinski definition) is 1. The van der Waals surface area contributed by atoms with Crippen molar-refractivity contribution in [3.8, 4) is 0 Å². The molecule has 0 aromatic heterocycles. The maximum Gasteiger partial charge on any atom is 0.500 e. The number of nitrogens with one attached hydrogen (secondary N) is 1. The van der Waals surface area contributed by atoms with Crippen molar-refractivity contribution in [1.29, 1.82) is 0 Å². The Kier molecular flexibility index (Phi) is 99.2. The highest BCUT2D eigenvalue weighted by atomic mass is 28.5. The number of hydrogen-bond acceptors (Lipinski definition) is 13. The summed E-state index contributed by atoms with van der Waals surface area (Å²) in [6.45, 7) is 47.3. The molecule has 0 saturated heterocycles. The van der Waals surface area contributed by atoms with Gasteiger partial charge >= 0.3 is 35.2 Å². The lowest BCUT2D eigenvalue weighted by atomic mass is 10.1. The Bertz CT molecular complexity index is 2060. The van der Waals surface area contributed by atoms with Crippen LogP contribution in [0.15, 0.2) is 0 Å². The summed E-state index contributed by atoms with van der Waals surface area (Å²) in [5, 5.41) is 3.43. The fourth-order valence-electron chi connectivity index (χ4n) is 19.2. The van der Waals surface area contributed by atoms with Crippen LogP contribution in [0.4, 0.5) is 0 Å². The molecule has 1 N–H and O–H groups in total. The van der Waals surface area contributed by atoms with E-state index < -0.39 is 60.2 Å². The van der Waals surface area contributed by atoms with Crippen LogP contribution in [-0.2, 0) is 57.0 Å². The van der Waals surface area contributed by atoms with E-state index in [1.54, 1.807) is 0 Å². The van der Waals surface area contributed by atoms with E-state index in [0.717, 1.165) is 179 Å². The lowest BCUT2D eigenvalue weighted by Gasteiger charge is -2.45. The van der Waals surface area contributed by atoms with E-state index in [1.807, 2.05) is 0 Å². The second-order valence-corrected chi connectivity index (χ2v) is 68.8. The maximum atomic E-state index is 13.8. The number of carbonyl (C=O) groups excluding carboxylic acids is 1. The predicted octanol–water partition coefficient (Wildman–Crippen LogP) is 39.3. The Hall–Kier alpha value is 0.508. The van der Waals surface area contributed by atoms with E-state index in [9.17, 15) is 4.79 Å². The normalized spacial score (nSPS) is 13.0. The van der Waals surface area contributed by atoms with Gasteiger partial charge in [0.1, 0.15) is 0 Å². The van der Waals surface area contributed by atoms with E-state index in [1.165, 1.54) is 424 Å². The molecule has 816 valence electrons. The summed E-state index contributed by atoms with van der Waals surface area (Å²) in [6.07, 6.45) is 98.3. The van der Waals surface area contributed by atoms with Crippen LogP contribution >= 0.6 is 0 Å². The van der Waals surface area contributed by atoms with Crippen LogP contribution in [0.1, 0.15) is 583 Å². The lowest BCUT2D eigenvalue weighted by molar-refractivity contribution is -0.124. The average Bonchev–Trinajstić information content (AvgIpc) is 0.789. The van der Waals surface area contributed by atoms with E-state index in [0.29, 0.717) is 12.6 Å². The van der Waals surface area contributed by atoms with Crippen LogP contribution in [0, 0.1) is 5.92 Å². The van der Waals surface area contributed by atoms with Crippen LogP contribution in [0.25, 0.3) is 0 Å². The van der Waals surface area contributed by atoms with Crippen molar-refractivity contribution >= 4 is 66.1 Å². The monoisotopic (exact) mass is 2040 g/mol. The molecule has 0 rings (SSSR count). The van der Waals surface area contributed by atoms with Gasteiger partial charge in [-0.05, 0) is 141 Å². The van der Waals surface area contributed by atoms with Crippen LogP contribution in [0.5, 0.6) is 0 Å². The molecule has 1 atom stereocenters. The highest BCUT2D eigenvalue weighted by Gasteiger charge is 2.53. The molecule has 1 unspecified atom stereocenters. The standard InChI is InChI=1S/C115H245NO13Si7/c1-18-28-37-46-67-82-98-118-133(119-99-83-68-47-38-29-19-2,120-100-84-69-48-39-30-20-3)110-94-79-64-58-55-61-76-91-107-130(12,13)127-136(113-97-116-115(117)114(11)27-10,128-131(14,15)108-92-77-62-56-59-65-80-95-111-134(121-101-85-70-49-40-31-21-4,122-102-86-71-50-41-32-22-5)123-103-87-72-51-42-33-23-6)129-132(16,17)109-93-78-63-57-60-66-81-96-112-135(124-104-88-73-52-43-34-24-7,125-105-89-74-53-44-35-25-8)126-106-90-75-54-45-36-26-9/h114H,18-113H2,1-17H3,(H,116,117). The number of unbranched alkanes of at least 4 members (excludes halogenated alkanes) is 66. The quantitative estimate of drug-likeness (QED) is 0.0457. The summed E-state index contributed by atoms with van der Waals surface area (Å²) in [6, 6.07) is 6.76. The van der Waals surface area contributed by atoms with Crippen molar-refractivity contribution < 1.29 is 57.0 Å². The van der Waals surface area contributed by atoms with Crippen LogP contribution in [-0.4, -0.2) is 132 Å². The first-order chi connectivity index (χ1) is 66.2. The third kappa shape index (κ3) is 86.5. The molecule has 21 heteroatoms. The smallest absolute Gasteiger partial charge is 0.417 e. The van der Waals surface area contributed by atoms with Gasteiger partial charge in [-0.25, -0.2) is 0 Å².